The van der Waals surface area contributed by atoms with Gasteiger partial charge in [-0.2, -0.15) is 0 Å². The highest BCUT2D eigenvalue weighted by atomic mass is 19.1. The van der Waals surface area contributed by atoms with Crippen LogP contribution in [0.15, 0.2) is 76.4 Å². The molecule has 48 heavy (non-hydrogen) atoms. The van der Waals surface area contributed by atoms with Crippen molar-refractivity contribution < 1.29 is 33.0 Å². The number of hydrogen-bond donors (Lipinski definition) is 3. The highest BCUT2D eigenvalue weighted by Crippen LogP contribution is 2.33. The Morgan fingerprint density at radius 2 is 1.83 bits per heavy atom. The van der Waals surface area contributed by atoms with Crippen LogP contribution >= 0.6 is 0 Å². The van der Waals surface area contributed by atoms with Crippen LogP contribution in [0.25, 0.3) is 11.1 Å². The number of amides is 3. The number of benzene rings is 3. The number of rotatable bonds is 2. The van der Waals surface area contributed by atoms with Crippen molar-refractivity contribution in [2.75, 3.05) is 26.8 Å². The Kier molecular flexibility index (Phi) is 8.97. The molecule has 2 aliphatic rings. The first-order valence-electron chi connectivity index (χ1n) is 15.1. The van der Waals surface area contributed by atoms with Crippen molar-refractivity contribution in [3.8, 4) is 28.4 Å². The summed E-state index contributed by atoms with van der Waals surface area (Å²) in [6, 6.07) is 15.1. The van der Waals surface area contributed by atoms with Crippen LogP contribution in [-0.4, -0.2) is 71.1 Å². The van der Waals surface area contributed by atoms with Gasteiger partial charge < -0.3 is 34.3 Å². The van der Waals surface area contributed by atoms with Crippen molar-refractivity contribution in [1.82, 2.24) is 25.1 Å². The zero-order valence-electron chi connectivity index (χ0n) is 26.1. The number of carbonyl (C=O) groups excluding carboxylic acids is 3. The van der Waals surface area contributed by atoms with E-state index in [2.05, 4.69) is 15.6 Å². The Hall–Kier alpha value is -5.92. The van der Waals surface area contributed by atoms with Crippen LogP contribution in [0.4, 0.5) is 4.39 Å². The summed E-state index contributed by atoms with van der Waals surface area (Å²) in [6.45, 7) is -0.204. The molecule has 14 heteroatoms. The van der Waals surface area contributed by atoms with Crippen LogP contribution in [0.1, 0.15) is 32.7 Å². The Morgan fingerprint density at radius 3 is 2.65 bits per heavy atom. The second kappa shape index (κ2) is 13.4. The van der Waals surface area contributed by atoms with E-state index in [-0.39, 0.29) is 49.5 Å². The molecule has 0 radical (unpaired) electrons. The molecule has 0 aliphatic carbocycles. The van der Waals surface area contributed by atoms with E-state index in [1.807, 2.05) is 6.07 Å². The first-order valence-corrected chi connectivity index (χ1v) is 15.1. The average Bonchev–Trinajstić information content (AvgIpc) is 3.07. The number of piperidine rings is 1. The van der Waals surface area contributed by atoms with E-state index in [1.54, 1.807) is 42.5 Å². The molecule has 2 atom stereocenters. The molecule has 13 nitrogen and oxygen atoms in total. The van der Waals surface area contributed by atoms with Gasteiger partial charge in [0, 0.05) is 56.5 Å². The summed E-state index contributed by atoms with van der Waals surface area (Å²) < 4.78 is 33.3. The molecule has 248 valence electrons. The van der Waals surface area contributed by atoms with E-state index in [9.17, 15) is 28.4 Å². The molecule has 3 N–H and O–H groups in total. The van der Waals surface area contributed by atoms with Gasteiger partial charge in [-0.05, 0) is 53.6 Å². The smallest absolute Gasteiger partial charge is 0.328 e. The van der Waals surface area contributed by atoms with Gasteiger partial charge in [-0.1, -0.05) is 12.1 Å². The van der Waals surface area contributed by atoms with Crippen molar-refractivity contribution >= 4 is 17.7 Å². The number of likely N-dealkylation sites (tertiary alicyclic amines) is 1. The van der Waals surface area contributed by atoms with Gasteiger partial charge in [-0.25, -0.2) is 9.18 Å². The minimum Gasteiger partial charge on any atom is -0.496 e. The third-order valence-electron chi connectivity index (χ3n) is 8.18. The van der Waals surface area contributed by atoms with Crippen molar-refractivity contribution in [2.45, 2.75) is 25.1 Å². The number of aryl methyl sites for hydroxylation is 1. The first kappa shape index (κ1) is 32.0. The van der Waals surface area contributed by atoms with Crippen molar-refractivity contribution in [3.05, 3.63) is 110 Å². The maximum atomic E-state index is 14.7. The number of H-pyrrole nitrogens is 1. The maximum absolute atomic E-state index is 14.7. The monoisotopic (exact) mass is 657 g/mol. The fourth-order valence-corrected chi connectivity index (χ4v) is 5.73. The Bertz CT molecular complexity index is 2030. The third kappa shape index (κ3) is 6.92. The molecule has 3 aromatic carbocycles. The topological polar surface area (TPSA) is 161 Å². The minimum absolute atomic E-state index is 0.000618. The lowest BCUT2D eigenvalue weighted by atomic mass is 9.98. The number of halogens is 1. The highest BCUT2D eigenvalue weighted by Gasteiger charge is 2.36. The molecule has 2 aliphatic heterocycles. The van der Waals surface area contributed by atoms with Crippen LogP contribution in [-0.2, 0) is 18.4 Å². The SMILES string of the molecule is COc1ccc2cc1-c1cccc(c1)OCC(=O)NCc1cc(F)cc(c1)O[C@@H]1CCN(C(=O)c3cn(C)c(=O)[nH]c3=O)C[C@H]1NC2=O. The summed E-state index contributed by atoms with van der Waals surface area (Å²) in [5, 5.41) is 5.69. The second-order valence-corrected chi connectivity index (χ2v) is 11.5. The number of fused-ring (bicyclic) bond motifs is 8. The average molecular weight is 658 g/mol. The van der Waals surface area contributed by atoms with Crippen molar-refractivity contribution in [1.29, 1.82) is 0 Å². The fourth-order valence-electron chi connectivity index (χ4n) is 5.73. The highest BCUT2D eigenvalue weighted by molar-refractivity contribution is 5.97. The molecule has 0 unspecified atom stereocenters. The molecular weight excluding hydrogens is 625 g/mol. The Labute approximate surface area is 273 Å². The summed E-state index contributed by atoms with van der Waals surface area (Å²) in [7, 11) is 2.92. The van der Waals surface area contributed by atoms with Gasteiger partial charge in [-0.15, -0.1) is 0 Å². The lowest BCUT2D eigenvalue weighted by molar-refractivity contribution is -0.123. The first-order chi connectivity index (χ1) is 23.1. The lowest BCUT2D eigenvalue weighted by Gasteiger charge is -2.38. The van der Waals surface area contributed by atoms with Crippen LogP contribution in [0.2, 0.25) is 0 Å². The molecule has 4 aromatic rings. The van der Waals surface area contributed by atoms with Crippen LogP contribution in [0, 0.1) is 5.82 Å². The zero-order chi connectivity index (χ0) is 33.9. The standard InChI is InChI=1S/C34H32FN5O8/c1-39-16-26(32(43)38-34(39)45)33(44)40-9-8-29-27(17-40)37-31(42)21-6-7-28(46-2)25(13-21)20-4-3-5-23(12-20)47-18-30(41)36-15-19-10-22(35)14-24(11-19)48-29/h3-7,10-14,16,27,29H,8-9,15,17-18H2,1-2H3,(H,36,41)(H,37,42)(H,38,43,45)/t27-,29-/m1/s1. The summed E-state index contributed by atoms with van der Waals surface area (Å²) in [5.74, 6) is -1.07. The summed E-state index contributed by atoms with van der Waals surface area (Å²) in [6.07, 6.45) is 0.662. The van der Waals surface area contributed by atoms with E-state index < -0.39 is 46.9 Å². The number of nitrogens with zero attached hydrogens (tertiary/aromatic N) is 2. The fraction of sp³-hybridized carbons (Fsp3) is 0.265. The number of nitrogens with one attached hydrogen (secondary N) is 3. The lowest BCUT2D eigenvalue weighted by Crippen LogP contribution is -2.58. The number of methoxy groups -OCH3 is 1. The maximum Gasteiger partial charge on any atom is 0.328 e. The van der Waals surface area contributed by atoms with Gasteiger partial charge in [0.2, 0.25) is 0 Å². The van der Waals surface area contributed by atoms with Gasteiger partial charge in [0.1, 0.15) is 34.7 Å². The number of carbonyl (C=O) groups is 3. The minimum atomic E-state index is -0.828. The molecule has 0 saturated carbocycles. The Morgan fingerprint density at radius 1 is 1.00 bits per heavy atom. The zero-order valence-corrected chi connectivity index (χ0v) is 26.1. The van der Waals surface area contributed by atoms with Crippen LogP contribution in [0.5, 0.6) is 17.2 Å². The van der Waals surface area contributed by atoms with Crippen LogP contribution in [0.3, 0.4) is 0 Å². The quantitative estimate of drug-likeness (QED) is 0.295. The molecule has 3 amide bonds. The van der Waals surface area contributed by atoms with E-state index in [0.29, 0.717) is 28.2 Å². The molecular formula is C34H32FN5O8. The van der Waals surface area contributed by atoms with Gasteiger partial charge in [0.05, 0.1) is 13.2 Å². The van der Waals surface area contributed by atoms with E-state index >= 15 is 0 Å². The van der Waals surface area contributed by atoms with Gasteiger partial charge in [0.25, 0.3) is 23.3 Å². The molecule has 1 saturated heterocycles. The predicted octanol–water partition coefficient (Wildman–Crippen LogP) is 1.99. The Balaban J connectivity index is 1.38. The van der Waals surface area contributed by atoms with E-state index in [0.717, 1.165) is 4.57 Å². The van der Waals surface area contributed by atoms with Gasteiger partial charge in [-0.3, -0.25) is 24.2 Å². The number of aromatic nitrogens is 2. The van der Waals surface area contributed by atoms with Gasteiger partial charge >= 0.3 is 5.69 Å². The molecule has 0 spiro atoms. The van der Waals surface area contributed by atoms with Crippen molar-refractivity contribution in [3.63, 3.8) is 0 Å². The van der Waals surface area contributed by atoms with E-state index in [4.69, 9.17) is 14.2 Å². The summed E-state index contributed by atoms with van der Waals surface area (Å²) in [4.78, 5) is 67.8. The molecule has 6 rings (SSSR count). The number of aromatic amines is 1. The third-order valence-corrected chi connectivity index (χ3v) is 8.18. The van der Waals surface area contributed by atoms with E-state index in [1.165, 1.54) is 37.4 Å². The molecule has 1 aromatic heterocycles. The summed E-state index contributed by atoms with van der Waals surface area (Å²) in [5.41, 5.74) is 0.242. The number of ether oxygens (including phenoxy) is 3. The van der Waals surface area contributed by atoms with Gasteiger partial charge in [0.15, 0.2) is 6.61 Å². The predicted molar refractivity (Wildman–Crippen MR) is 171 cm³/mol. The molecule has 1 fully saturated rings. The largest absolute Gasteiger partial charge is 0.496 e. The normalized spacial score (nSPS) is 18.0. The van der Waals surface area contributed by atoms with Crippen LogP contribution < -0.4 is 36.1 Å². The van der Waals surface area contributed by atoms with Crippen molar-refractivity contribution in [2.24, 2.45) is 7.05 Å². The number of hydrogen-bond acceptors (Lipinski definition) is 8. The molecule has 6 bridgehead atoms. The second-order valence-electron chi connectivity index (χ2n) is 11.5. The molecule has 3 heterocycles. The summed E-state index contributed by atoms with van der Waals surface area (Å²) >= 11 is 0.